The molecule has 0 aliphatic heterocycles. The highest BCUT2D eigenvalue weighted by Gasteiger charge is 2.16. The summed E-state index contributed by atoms with van der Waals surface area (Å²) in [5.74, 6) is -0.534. The number of hydrogen-bond acceptors (Lipinski definition) is 2. The van der Waals surface area contributed by atoms with E-state index in [0.29, 0.717) is 16.3 Å². The second-order valence-corrected chi connectivity index (χ2v) is 4.67. The van der Waals surface area contributed by atoms with E-state index in [9.17, 15) is 9.90 Å². The van der Waals surface area contributed by atoms with Crippen LogP contribution in [0.4, 0.5) is 0 Å². The lowest BCUT2D eigenvalue weighted by Crippen LogP contribution is -2.13. The number of benzene rings is 2. The van der Waals surface area contributed by atoms with Gasteiger partial charge in [-0.2, -0.15) is 4.73 Å². The van der Waals surface area contributed by atoms with Crippen LogP contribution in [0.15, 0.2) is 54.6 Å². The average molecular weight is 288 g/mol. The molecular weight excluding hydrogens is 278 g/mol. The zero-order valence-electron chi connectivity index (χ0n) is 10.3. The Morgan fingerprint density at radius 1 is 1.10 bits per heavy atom. The van der Waals surface area contributed by atoms with E-state index in [1.807, 2.05) is 18.2 Å². The summed E-state index contributed by atoms with van der Waals surface area (Å²) in [4.78, 5) is 17.0. The number of para-hydroxylation sites is 1. The maximum absolute atomic E-state index is 11.3. The molecule has 0 amide bonds. The molecule has 20 heavy (non-hydrogen) atoms. The molecule has 0 aliphatic rings. The second kappa shape index (κ2) is 4.90. The number of rotatable bonds is 3. The van der Waals surface area contributed by atoms with Crippen molar-refractivity contribution in [1.29, 1.82) is 0 Å². The van der Waals surface area contributed by atoms with Gasteiger partial charge in [0.05, 0.1) is 5.52 Å². The van der Waals surface area contributed by atoms with Gasteiger partial charge in [0.15, 0.2) is 11.4 Å². The molecule has 3 aromatic rings. The Morgan fingerprint density at radius 2 is 1.80 bits per heavy atom. The molecule has 2 aromatic carbocycles. The van der Waals surface area contributed by atoms with Gasteiger partial charge in [-0.25, -0.2) is 4.79 Å². The summed E-state index contributed by atoms with van der Waals surface area (Å²) in [6.07, 6.45) is 0. The van der Waals surface area contributed by atoms with Crippen molar-refractivity contribution in [1.82, 2.24) is 4.73 Å². The number of nitrogens with zero attached hydrogens (tertiary/aromatic N) is 1. The van der Waals surface area contributed by atoms with Gasteiger partial charge in [0, 0.05) is 10.4 Å². The summed E-state index contributed by atoms with van der Waals surface area (Å²) < 4.78 is 1.31. The van der Waals surface area contributed by atoms with Crippen LogP contribution in [0.5, 0.6) is 5.75 Å². The van der Waals surface area contributed by atoms with Gasteiger partial charge in [-0.3, -0.25) is 0 Å². The fourth-order valence-corrected chi connectivity index (χ4v) is 2.10. The highest BCUT2D eigenvalue weighted by atomic mass is 35.5. The third kappa shape index (κ3) is 2.21. The summed E-state index contributed by atoms with van der Waals surface area (Å²) in [5, 5.41) is 10.7. The third-order valence-corrected chi connectivity index (χ3v) is 3.15. The molecule has 0 fully saturated rings. The zero-order valence-corrected chi connectivity index (χ0v) is 11.0. The lowest BCUT2D eigenvalue weighted by Gasteiger charge is -2.09. The van der Waals surface area contributed by atoms with Crippen molar-refractivity contribution in [2.75, 3.05) is 0 Å². The van der Waals surface area contributed by atoms with Crippen molar-refractivity contribution in [3.8, 4) is 5.75 Å². The Labute approximate surface area is 119 Å². The van der Waals surface area contributed by atoms with Crippen molar-refractivity contribution >= 4 is 28.5 Å². The average Bonchev–Trinajstić information content (AvgIpc) is 2.81. The lowest BCUT2D eigenvalue weighted by atomic mass is 10.2. The topological polar surface area (TPSA) is 51.5 Å². The monoisotopic (exact) mass is 287 g/mol. The Balaban J connectivity index is 2.11. The van der Waals surface area contributed by atoms with Gasteiger partial charge in [0.25, 0.3) is 0 Å². The fraction of sp³-hybridized carbons (Fsp3) is 0. The normalized spacial score (nSPS) is 10.7. The molecule has 0 spiro atoms. The van der Waals surface area contributed by atoms with E-state index in [1.165, 1.54) is 4.73 Å². The number of aromatic nitrogens is 1. The van der Waals surface area contributed by atoms with Crippen molar-refractivity contribution in [3.05, 3.63) is 65.3 Å². The maximum Gasteiger partial charge on any atom is 0.356 e. The Bertz CT molecular complexity index is 777. The summed E-state index contributed by atoms with van der Waals surface area (Å²) in [6.45, 7) is 0. The van der Waals surface area contributed by atoms with Crippen LogP contribution in [-0.2, 0) is 0 Å². The number of carboxylic acid groups (broad SMARTS) is 1. The molecule has 4 nitrogen and oxygen atoms in total. The summed E-state index contributed by atoms with van der Waals surface area (Å²) >= 11 is 5.81. The Kier molecular flexibility index (Phi) is 3.08. The van der Waals surface area contributed by atoms with Crippen LogP contribution in [-0.4, -0.2) is 15.8 Å². The van der Waals surface area contributed by atoms with Gasteiger partial charge < -0.3 is 9.94 Å². The number of aromatic carboxylic acids is 1. The van der Waals surface area contributed by atoms with Gasteiger partial charge >= 0.3 is 5.97 Å². The maximum atomic E-state index is 11.3. The van der Waals surface area contributed by atoms with Crippen LogP contribution in [0, 0.1) is 0 Å². The van der Waals surface area contributed by atoms with Gasteiger partial charge in [-0.1, -0.05) is 29.8 Å². The largest absolute Gasteiger partial charge is 0.476 e. The quantitative estimate of drug-likeness (QED) is 0.796. The highest BCUT2D eigenvalue weighted by molar-refractivity contribution is 6.30. The van der Waals surface area contributed by atoms with Crippen LogP contribution in [0.25, 0.3) is 10.9 Å². The van der Waals surface area contributed by atoms with Crippen molar-refractivity contribution in [2.24, 2.45) is 0 Å². The molecule has 0 radical (unpaired) electrons. The van der Waals surface area contributed by atoms with E-state index in [-0.39, 0.29) is 5.69 Å². The van der Waals surface area contributed by atoms with E-state index < -0.39 is 5.97 Å². The molecule has 3 rings (SSSR count). The number of fused-ring (bicyclic) bond motifs is 1. The smallest absolute Gasteiger partial charge is 0.356 e. The predicted octanol–water partition coefficient (Wildman–Crippen LogP) is 3.84. The van der Waals surface area contributed by atoms with Crippen molar-refractivity contribution in [3.63, 3.8) is 0 Å². The molecule has 0 saturated carbocycles. The van der Waals surface area contributed by atoms with Gasteiger partial charge in [-0.15, -0.1) is 0 Å². The molecule has 0 aliphatic carbocycles. The van der Waals surface area contributed by atoms with E-state index in [4.69, 9.17) is 16.4 Å². The van der Waals surface area contributed by atoms with Crippen LogP contribution < -0.4 is 4.84 Å². The first-order chi connectivity index (χ1) is 9.65. The lowest BCUT2D eigenvalue weighted by molar-refractivity contribution is 0.0659. The summed E-state index contributed by atoms with van der Waals surface area (Å²) in [6, 6.07) is 15.6. The van der Waals surface area contributed by atoms with Gasteiger partial charge in [-0.05, 0) is 36.4 Å². The molecule has 0 unspecified atom stereocenters. The summed E-state index contributed by atoms with van der Waals surface area (Å²) in [7, 11) is 0. The molecule has 0 atom stereocenters. The SMILES string of the molecule is O=C(O)c1cc2ccccc2n1Oc1ccc(Cl)cc1. The standard InChI is InChI=1S/C15H10ClNO3/c16-11-5-7-12(8-6-11)20-17-13-4-2-1-3-10(13)9-14(17)15(18)19/h1-9H,(H,18,19). The van der Waals surface area contributed by atoms with E-state index in [1.54, 1.807) is 36.4 Å². The molecule has 1 heterocycles. The number of carboxylic acids is 1. The molecule has 0 saturated heterocycles. The highest BCUT2D eigenvalue weighted by Crippen LogP contribution is 2.23. The minimum Gasteiger partial charge on any atom is -0.476 e. The first-order valence-corrected chi connectivity index (χ1v) is 6.30. The minimum atomic E-state index is -1.05. The van der Waals surface area contributed by atoms with Crippen LogP contribution in [0.2, 0.25) is 5.02 Å². The molecule has 0 bridgehead atoms. The minimum absolute atomic E-state index is 0.0705. The summed E-state index contributed by atoms with van der Waals surface area (Å²) in [5.41, 5.74) is 0.765. The number of hydrogen-bond donors (Lipinski definition) is 1. The fourth-order valence-electron chi connectivity index (χ4n) is 1.98. The number of halogens is 1. The Hall–Kier alpha value is -2.46. The first-order valence-electron chi connectivity index (χ1n) is 5.93. The second-order valence-electron chi connectivity index (χ2n) is 4.23. The van der Waals surface area contributed by atoms with Gasteiger partial charge in [0.1, 0.15) is 0 Å². The molecule has 1 N–H and O–H groups in total. The van der Waals surface area contributed by atoms with Crippen LogP contribution >= 0.6 is 11.6 Å². The first kappa shape index (κ1) is 12.6. The van der Waals surface area contributed by atoms with Crippen LogP contribution in [0.3, 0.4) is 0 Å². The molecule has 100 valence electrons. The third-order valence-electron chi connectivity index (χ3n) is 2.90. The molecular formula is C15H10ClNO3. The Morgan fingerprint density at radius 3 is 2.50 bits per heavy atom. The molecule has 5 heteroatoms. The van der Waals surface area contributed by atoms with Gasteiger partial charge in [0.2, 0.25) is 0 Å². The van der Waals surface area contributed by atoms with Crippen molar-refractivity contribution < 1.29 is 14.7 Å². The van der Waals surface area contributed by atoms with E-state index >= 15 is 0 Å². The van der Waals surface area contributed by atoms with E-state index in [2.05, 4.69) is 0 Å². The molecule has 1 aromatic heterocycles. The number of carbonyl (C=O) groups is 1. The van der Waals surface area contributed by atoms with Crippen molar-refractivity contribution in [2.45, 2.75) is 0 Å². The van der Waals surface area contributed by atoms with E-state index in [0.717, 1.165) is 5.39 Å². The zero-order chi connectivity index (χ0) is 14.1. The van der Waals surface area contributed by atoms with Crippen LogP contribution in [0.1, 0.15) is 10.5 Å². The predicted molar refractivity (Wildman–Crippen MR) is 76.4 cm³/mol.